The third-order valence-electron chi connectivity index (χ3n) is 4.31. The van der Waals surface area contributed by atoms with Gasteiger partial charge in [0.2, 0.25) is 0 Å². The number of nitrogens with zero attached hydrogens (tertiary/aromatic N) is 2. The third-order valence-corrected chi connectivity index (χ3v) is 4.52. The van der Waals surface area contributed by atoms with Gasteiger partial charge in [-0.25, -0.2) is 4.98 Å². The fraction of sp³-hybridized carbons (Fsp3) is 0.300. The number of ketones is 1. The summed E-state index contributed by atoms with van der Waals surface area (Å²) in [6, 6.07) is 11.2. The first-order valence-electron chi connectivity index (χ1n) is 8.55. The Balaban J connectivity index is 0.00000261. The molecule has 0 bridgehead atoms. The van der Waals surface area contributed by atoms with Gasteiger partial charge in [-0.05, 0) is 19.4 Å². The van der Waals surface area contributed by atoms with Crippen LogP contribution in [0.3, 0.4) is 0 Å². The Morgan fingerprint density at radius 1 is 1.33 bits per heavy atom. The fourth-order valence-corrected chi connectivity index (χ4v) is 3.32. The zero-order valence-electron chi connectivity index (χ0n) is 15.2. The molecule has 2 heterocycles. The highest BCUT2D eigenvalue weighted by atomic mass is 35.5. The molecule has 27 heavy (non-hydrogen) atoms. The lowest BCUT2D eigenvalue weighted by atomic mass is 9.93. The van der Waals surface area contributed by atoms with Crippen molar-refractivity contribution in [2.24, 2.45) is 0 Å². The van der Waals surface area contributed by atoms with Crippen molar-refractivity contribution in [3.05, 3.63) is 64.6 Å². The van der Waals surface area contributed by atoms with Crippen molar-refractivity contribution in [1.82, 2.24) is 9.38 Å². The quantitative estimate of drug-likeness (QED) is 0.585. The van der Waals surface area contributed by atoms with Crippen LogP contribution in [0.4, 0.5) is 0 Å². The molecule has 5 nitrogen and oxygen atoms in total. The predicted molar refractivity (Wildman–Crippen MR) is 109 cm³/mol. The van der Waals surface area contributed by atoms with E-state index in [9.17, 15) is 9.90 Å². The fourth-order valence-electron chi connectivity index (χ4n) is 3.13. The summed E-state index contributed by atoms with van der Waals surface area (Å²) >= 11 is 6.19. The van der Waals surface area contributed by atoms with E-state index in [0.29, 0.717) is 34.4 Å². The highest BCUT2D eigenvalue weighted by Crippen LogP contribution is 2.28. The number of aliphatic hydroxyl groups is 1. The average molecular weight is 409 g/mol. The molecule has 1 N–H and O–H groups in total. The summed E-state index contributed by atoms with van der Waals surface area (Å²) in [5, 5.41) is 10.2. The lowest BCUT2D eigenvalue weighted by molar-refractivity contribution is 0.0953. The molecule has 0 aliphatic carbocycles. The van der Waals surface area contributed by atoms with Gasteiger partial charge in [-0.15, -0.1) is 12.4 Å². The van der Waals surface area contributed by atoms with E-state index in [1.165, 1.54) is 0 Å². The molecule has 0 radical (unpaired) electrons. The van der Waals surface area contributed by atoms with Crippen LogP contribution in [0.5, 0.6) is 5.75 Å². The van der Waals surface area contributed by atoms with Gasteiger partial charge >= 0.3 is 0 Å². The number of carbonyl (C=O) groups excluding carboxylic acids is 1. The van der Waals surface area contributed by atoms with Crippen molar-refractivity contribution in [2.45, 2.75) is 26.2 Å². The van der Waals surface area contributed by atoms with Gasteiger partial charge in [-0.3, -0.25) is 9.20 Å². The predicted octanol–water partition coefficient (Wildman–Crippen LogP) is 4.47. The van der Waals surface area contributed by atoms with Gasteiger partial charge in [0, 0.05) is 24.6 Å². The number of fused-ring (bicyclic) bond motifs is 1. The number of Topliss-reactive ketones (excluding diaryl/α,β-unsaturated/α-hetero) is 1. The topological polar surface area (TPSA) is 63.8 Å². The van der Waals surface area contributed by atoms with E-state index in [-0.39, 0.29) is 37.1 Å². The van der Waals surface area contributed by atoms with Gasteiger partial charge in [0.15, 0.2) is 17.2 Å². The monoisotopic (exact) mass is 408 g/mol. The number of aromatic nitrogens is 2. The van der Waals surface area contributed by atoms with Gasteiger partial charge in [-0.1, -0.05) is 41.9 Å². The number of aliphatic hydroxyl groups excluding tert-OH is 1. The normalized spacial score (nSPS) is 11.9. The van der Waals surface area contributed by atoms with Crippen molar-refractivity contribution >= 4 is 35.4 Å². The van der Waals surface area contributed by atoms with E-state index in [2.05, 4.69) is 4.98 Å². The molecule has 0 spiro atoms. The second kappa shape index (κ2) is 9.22. The van der Waals surface area contributed by atoms with E-state index in [1.54, 1.807) is 23.6 Å². The maximum absolute atomic E-state index is 13.0. The molecule has 3 aromatic rings. The van der Waals surface area contributed by atoms with Crippen LogP contribution in [0.2, 0.25) is 5.02 Å². The smallest absolute Gasteiger partial charge is 0.182 e. The van der Waals surface area contributed by atoms with Crippen LogP contribution in [0, 0.1) is 6.92 Å². The second-order valence-corrected chi connectivity index (χ2v) is 6.55. The molecule has 0 saturated carbocycles. The minimum absolute atomic E-state index is 0. The summed E-state index contributed by atoms with van der Waals surface area (Å²) in [7, 11) is 0. The molecular weight excluding hydrogens is 387 g/mol. The number of hydrogen-bond acceptors (Lipinski definition) is 4. The summed E-state index contributed by atoms with van der Waals surface area (Å²) in [5.41, 5.74) is 2.58. The number of hydrogen-bond donors (Lipinski definition) is 1. The number of rotatable bonds is 7. The second-order valence-electron chi connectivity index (χ2n) is 6.11. The maximum Gasteiger partial charge on any atom is 0.182 e. The van der Waals surface area contributed by atoms with Crippen molar-refractivity contribution < 1.29 is 14.6 Å². The average Bonchev–Trinajstić information content (AvgIpc) is 2.96. The lowest BCUT2D eigenvalue weighted by Gasteiger charge is -2.14. The number of aryl methyl sites for hydroxylation is 1. The molecule has 1 atom stereocenters. The van der Waals surface area contributed by atoms with Crippen molar-refractivity contribution in [3.63, 3.8) is 0 Å². The Kier molecular flexibility index (Phi) is 7.25. The third kappa shape index (κ3) is 4.43. The first-order valence-corrected chi connectivity index (χ1v) is 8.93. The van der Waals surface area contributed by atoms with E-state index < -0.39 is 0 Å². The minimum Gasteiger partial charge on any atom is -0.490 e. The Hall–Kier alpha value is -2.08. The van der Waals surface area contributed by atoms with Crippen LogP contribution in [0.15, 0.2) is 42.6 Å². The first-order chi connectivity index (χ1) is 12.5. The summed E-state index contributed by atoms with van der Waals surface area (Å²) in [5.74, 6) is 0.186. The Labute approximate surface area is 169 Å². The zero-order valence-corrected chi connectivity index (χ0v) is 16.8. The molecule has 7 heteroatoms. The molecule has 0 amide bonds. The summed E-state index contributed by atoms with van der Waals surface area (Å²) in [6.07, 6.45) is 1.86. The van der Waals surface area contributed by atoms with Gasteiger partial charge < -0.3 is 9.84 Å². The first kappa shape index (κ1) is 21.2. The number of halogens is 2. The van der Waals surface area contributed by atoms with Gasteiger partial charge in [0.25, 0.3) is 0 Å². The van der Waals surface area contributed by atoms with E-state index in [4.69, 9.17) is 16.3 Å². The summed E-state index contributed by atoms with van der Waals surface area (Å²) in [4.78, 5) is 17.5. The Bertz CT molecular complexity index is 926. The zero-order chi connectivity index (χ0) is 18.7. The highest BCUT2D eigenvalue weighted by Gasteiger charge is 2.23. The number of carbonyl (C=O) groups is 1. The van der Waals surface area contributed by atoms with E-state index in [1.807, 2.05) is 37.3 Å². The van der Waals surface area contributed by atoms with Crippen LogP contribution in [-0.4, -0.2) is 33.5 Å². The largest absolute Gasteiger partial charge is 0.490 e. The molecule has 144 valence electrons. The molecule has 1 aromatic carbocycles. The molecule has 0 fully saturated rings. The van der Waals surface area contributed by atoms with Gasteiger partial charge in [0.05, 0.1) is 23.9 Å². The summed E-state index contributed by atoms with van der Waals surface area (Å²) in [6.45, 7) is 4.05. The highest BCUT2D eigenvalue weighted by molar-refractivity contribution is 6.30. The van der Waals surface area contributed by atoms with Gasteiger partial charge in [0.1, 0.15) is 5.69 Å². The molecule has 0 saturated heterocycles. The summed E-state index contributed by atoms with van der Waals surface area (Å²) < 4.78 is 7.29. The molecule has 2 aromatic heterocycles. The van der Waals surface area contributed by atoms with Crippen LogP contribution in [-0.2, 0) is 0 Å². The van der Waals surface area contributed by atoms with Gasteiger partial charge in [-0.2, -0.15) is 0 Å². The Morgan fingerprint density at radius 3 is 2.67 bits per heavy atom. The van der Waals surface area contributed by atoms with E-state index in [0.717, 1.165) is 5.56 Å². The minimum atomic E-state index is -0.265. The molecule has 0 unspecified atom stereocenters. The van der Waals surface area contributed by atoms with Crippen molar-refractivity contribution in [1.29, 1.82) is 0 Å². The van der Waals surface area contributed by atoms with E-state index >= 15 is 0 Å². The van der Waals surface area contributed by atoms with Crippen LogP contribution >= 0.6 is 24.0 Å². The van der Waals surface area contributed by atoms with Crippen LogP contribution < -0.4 is 4.74 Å². The van der Waals surface area contributed by atoms with Crippen molar-refractivity contribution in [3.8, 4) is 5.75 Å². The molecule has 0 aliphatic heterocycles. The van der Waals surface area contributed by atoms with Crippen LogP contribution in [0.25, 0.3) is 5.65 Å². The lowest BCUT2D eigenvalue weighted by Crippen LogP contribution is -2.13. The number of imidazole rings is 1. The SMILES string of the molecule is CCOc1cc(Cl)cn2c(C(=O)C[C@@H](CO)c3ccccc3)c(C)nc12.Cl. The van der Waals surface area contributed by atoms with Crippen LogP contribution in [0.1, 0.15) is 41.0 Å². The standard InChI is InChI=1S/C20H21ClN2O3.ClH/c1-3-26-18-10-16(21)11-23-19(13(2)22-20(18)23)17(25)9-15(12-24)14-7-5-4-6-8-14;/h4-8,10-11,15,24H,3,9,12H2,1-2H3;1H/t15-;/m0./s1. The maximum atomic E-state index is 13.0. The number of ether oxygens (including phenoxy) is 1. The molecule has 0 aliphatic rings. The number of benzene rings is 1. The molecular formula is C20H22Cl2N2O3. The van der Waals surface area contributed by atoms with Crippen molar-refractivity contribution in [2.75, 3.05) is 13.2 Å². The number of pyridine rings is 1. The Morgan fingerprint density at radius 2 is 2.04 bits per heavy atom. The molecule has 3 rings (SSSR count).